The highest BCUT2D eigenvalue weighted by Gasteiger charge is 2.19. The van der Waals surface area contributed by atoms with Gasteiger partial charge in [-0.25, -0.2) is 4.79 Å². The maximum Gasteiger partial charge on any atom is 0.347 e. The van der Waals surface area contributed by atoms with Crippen molar-refractivity contribution in [2.75, 3.05) is 0 Å². The molecule has 0 heterocycles. The minimum absolute atomic E-state index is 0.0241. The molecule has 0 saturated heterocycles. The third-order valence-electron chi connectivity index (χ3n) is 4.74. The van der Waals surface area contributed by atoms with Crippen LogP contribution in [0.4, 0.5) is 5.69 Å². The molecule has 0 aromatic heterocycles. The van der Waals surface area contributed by atoms with Crippen LogP contribution in [0.2, 0.25) is 5.02 Å². The fraction of sp³-hybridized carbons (Fsp3) is 0.0385. The van der Waals surface area contributed by atoms with Gasteiger partial charge in [0.25, 0.3) is 0 Å². The summed E-state index contributed by atoms with van der Waals surface area (Å²) in [6.45, 7) is 0.183. The number of esters is 1. The lowest BCUT2D eigenvalue weighted by atomic mass is 10.2. The second-order valence-corrected chi connectivity index (χ2v) is 7.49. The van der Waals surface area contributed by atoms with Crippen LogP contribution in [0.3, 0.4) is 0 Å². The largest absolute Gasteiger partial charge is 0.488 e. The number of carbonyl (C=O) groups is 1. The lowest BCUT2D eigenvalue weighted by molar-refractivity contribution is -0.385. The second kappa shape index (κ2) is 10.5. The molecule has 4 aromatic carbocycles. The molecule has 0 radical (unpaired) electrons. The Bertz CT molecular complexity index is 1310. The maximum atomic E-state index is 12.6. The highest BCUT2D eigenvalue weighted by molar-refractivity contribution is 6.32. The summed E-state index contributed by atoms with van der Waals surface area (Å²) >= 11 is 6.08. The Labute approximate surface area is 200 Å². The number of ether oxygens (including phenoxy) is 3. The Kier molecular flexibility index (Phi) is 7.05. The number of nitro benzene ring substituents is 1. The highest BCUT2D eigenvalue weighted by atomic mass is 35.5. The summed E-state index contributed by atoms with van der Waals surface area (Å²) in [4.78, 5) is 23.3. The number of para-hydroxylation sites is 3. The predicted octanol–water partition coefficient (Wildman–Crippen LogP) is 6.84. The first-order valence-corrected chi connectivity index (χ1v) is 10.6. The van der Waals surface area contributed by atoms with Gasteiger partial charge in [0.15, 0.2) is 0 Å². The first-order valence-electron chi connectivity index (χ1n) is 10.2. The molecule has 0 aliphatic heterocycles. The van der Waals surface area contributed by atoms with E-state index in [0.29, 0.717) is 22.8 Å². The number of rotatable bonds is 8. The molecule has 4 rings (SSSR count). The molecule has 0 bridgehead atoms. The summed E-state index contributed by atoms with van der Waals surface area (Å²) in [7, 11) is 0. The van der Waals surface area contributed by atoms with E-state index < -0.39 is 10.9 Å². The second-order valence-electron chi connectivity index (χ2n) is 7.08. The van der Waals surface area contributed by atoms with Gasteiger partial charge in [-0.15, -0.1) is 0 Å². The van der Waals surface area contributed by atoms with Crippen LogP contribution in [0.25, 0.3) is 0 Å². The quantitative estimate of drug-likeness (QED) is 0.120. The Morgan fingerprint density at radius 3 is 2.26 bits per heavy atom. The SMILES string of the molecule is O=C(Oc1ccccc1)c1ccccc1OCc1ccc(Oc2c(Cl)cccc2[N+](=O)[O-])cc1. The van der Waals surface area contributed by atoms with Gasteiger partial charge in [0.1, 0.15) is 29.4 Å². The minimum atomic E-state index is -0.552. The van der Waals surface area contributed by atoms with Gasteiger partial charge in [0.05, 0.1) is 9.95 Å². The van der Waals surface area contributed by atoms with Crippen LogP contribution in [-0.2, 0) is 6.61 Å². The summed E-state index contributed by atoms with van der Waals surface area (Å²) in [6, 6.07) is 26.8. The monoisotopic (exact) mass is 475 g/mol. The summed E-state index contributed by atoms with van der Waals surface area (Å²) < 4.78 is 16.9. The molecule has 0 saturated carbocycles. The fourth-order valence-corrected chi connectivity index (χ4v) is 3.29. The van der Waals surface area contributed by atoms with Gasteiger partial charge in [-0.2, -0.15) is 0 Å². The number of carbonyl (C=O) groups excluding carboxylic acids is 1. The van der Waals surface area contributed by atoms with E-state index in [1.54, 1.807) is 72.8 Å². The zero-order chi connectivity index (χ0) is 23.9. The molecule has 0 atom stereocenters. The van der Waals surface area contributed by atoms with Crippen LogP contribution in [0.5, 0.6) is 23.0 Å². The van der Waals surface area contributed by atoms with Gasteiger partial charge in [-0.1, -0.05) is 60.1 Å². The molecular weight excluding hydrogens is 458 g/mol. The Balaban J connectivity index is 1.43. The molecule has 0 aliphatic carbocycles. The van der Waals surface area contributed by atoms with Gasteiger partial charge < -0.3 is 14.2 Å². The Morgan fingerprint density at radius 2 is 1.53 bits per heavy atom. The standard InChI is InChI=1S/C26H18ClNO6/c27-22-10-6-11-23(28(30)31)25(22)33-20-15-13-18(14-16-20)17-32-24-12-5-4-9-21(24)26(29)34-19-7-2-1-3-8-19/h1-16H,17H2. The lowest BCUT2D eigenvalue weighted by Gasteiger charge is -2.12. The zero-order valence-corrected chi connectivity index (χ0v) is 18.5. The van der Waals surface area contributed by atoms with Crippen molar-refractivity contribution in [1.29, 1.82) is 0 Å². The van der Waals surface area contributed by atoms with Crippen molar-refractivity contribution >= 4 is 23.3 Å². The molecular formula is C26H18ClNO6. The van der Waals surface area contributed by atoms with Crippen molar-refractivity contribution in [3.05, 3.63) is 123 Å². The maximum absolute atomic E-state index is 12.6. The predicted molar refractivity (Wildman–Crippen MR) is 127 cm³/mol. The number of halogens is 1. The van der Waals surface area contributed by atoms with Crippen LogP contribution in [-0.4, -0.2) is 10.9 Å². The molecule has 0 spiro atoms. The molecule has 0 aliphatic rings. The summed E-state index contributed by atoms with van der Waals surface area (Å²) in [6.07, 6.45) is 0. The van der Waals surface area contributed by atoms with E-state index in [2.05, 4.69) is 0 Å². The third-order valence-corrected chi connectivity index (χ3v) is 5.04. The molecule has 0 N–H and O–H groups in total. The van der Waals surface area contributed by atoms with Crippen molar-refractivity contribution in [2.24, 2.45) is 0 Å². The molecule has 34 heavy (non-hydrogen) atoms. The van der Waals surface area contributed by atoms with Crippen molar-refractivity contribution in [3.63, 3.8) is 0 Å². The number of hydrogen-bond acceptors (Lipinski definition) is 6. The molecule has 8 heteroatoms. The van der Waals surface area contributed by atoms with Crippen LogP contribution in [0, 0.1) is 10.1 Å². The van der Waals surface area contributed by atoms with Gasteiger partial charge in [0.2, 0.25) is 5.75 Å². The Hall–Kier alpha value is -4.36. The van der Waals surface area contributed by atoms with E-state index in [1.165, 1.54) is 18.2 Å². The van der Waals surface area contributed by atoms with Crippen LogP contribution < -0.4 is 14.2 Å². The van der Waals surface area contributed by atoms with Crippen LogP contribution >= 0.6 is 11.6 Å². The van der Waals surface area contributed by atoms with E-state index in [-0.39, 0.29) is 23.1 Å². The lowest BCUT2D eigenvalue weighted by Crippen LogP contribution is -2.10. The van der Waals surface area contributed by atoms with Crippen molar-refractivity contribution in [2.45, 2.75) is 6.61 Å². The van der Waals surface area contributed by atoms with Crippen molar-refractivity contribution in [3.8, 4) is 23.0 Å². The number of nitrogens with zero attached hydrogens (tertiary/aromatic N) is 1. The van der Waals surface area contributed by atoms with Gasteiger partial charge in [0, 0.05) is 6.07 Å². The van der Waals surface area contributed by atoms with Gasteiger partial charge >= 0.3 is 11.7 Å². The fourth-order valence-electron chi connectivity index (χ4n) is 3.09. The smallest absolute Gasteiger partial charge is 0.347 e. The number of nitro groups is 1. The summed E-state index contributed by atoms with van der Waals surface area (Å²) in [5, 5.41) is 11.4. The van der Waals surface area contributed by atoms with E-state index in [4.69, 9.17) is 25.8 Å². The molecule has 0 unspecified atom stereocenters. The first-order chi connectivity index (χ1) is 16.5. The molecule has 0 fully saturated rings. The number of benzene rings is 4. The minimum Gasteiger partial charge on any atom is -0.488 e. The van der Waals surface area contributed by atoms with E-state index >= 15 is 0 Å². The van der Waals surface area contributed by atoms with Gasteiger partial charge in [-0.05, 0) is 48.0 Å². The van der Waals surface area contributed by atoms with Crippen molar-refractivity contribution < 1.29 is 23.9 Å². The van der Waals surface area contributed by atoms with Gasteiger partial charge in [-0.3, -0.25) is 10.1 Å². The summed E-state index contributed by atoms with van der Waals surface area (Å²) in [5.41, 5.74) is 0.878. The topological polar surface area (TPSA) is 87.9 Å². The van der Waals surface area contributed by atoms with Crippen LogP contribution in [0.1, 0.15) is 15.9 Å². The average molecular weight is 476 g/mol. The average Bonchev–Trinajstić information content (AvgIpc) is 2.85. The normalized spacial score (nSPS) is 10.4. The zero-order valence-electron chi connectivity index (χ0n) is 17.7. The van der Waals surface area contributed by atoms with E-state index in [0.717, 1.165) is 5.56 Å². The van der Waals surface area contributed by atoms with Crippen molar-refractivity contribution in [1.82, 2.24) is 0 Å². The molecule has 7 nitrogen and oxygen atoms in total. The molecule has 4 aromatic rings. The molecule has 170 valence electrons. The molecule has 0 amide bonds. The Morgan fingerprint density at radius 1 is 0.824 bits per heavy atom. The summed E-state index contributed by atoms with van der Waals surface area (Å²) in [5.74, 6) is 0.662. The number of hydrogen-bond donors (Lipinski definition) is 0. The van der Waals surface area contributed by atoms with Crippen LogP contribution in [0.15, 0.2) is 97.1 Å². The third kappa shape index (κ3) is 5.51. The highest BCUT2D eigenvalue weighted by Crippen LogP contribution is 2.37. The van der Waals surface area contributed by atoms with E-state index in [1.807, 2.05) is 6.07 Å². The first kappa shape index (κ1) is 22.8. The van der Waals surface area contributed by atoms with E-state index in [9.17, 15) is 14.9 Å².